The molecule has 166 valence electrons. The first-order chi connectivity index (χ1) is 13.6. The van der Waals surface area contributed by atoms with E-state index in [-0.39, 0.29) is 37.2 Å². The zero-order chi connectivity index (χ0) is 19.7. The summed E-state index contributed by atoms with van der Waals surface area (Å²) in [7, 11) is 0. The van der Waals surface area contributed by atoms with Crippen LogP contribution in [0.4, 0.5) is 4.39 Å². The SMILES string of the molecule is CC(C)c1ccc2c(c1)C(N1CCN(CCO)CC1)CC2c1ccc(F)cc1.Cl.Cl. The van der Waals surface area contributed by atoms with Crippen LogP contribution in [0.25, 0.3) is 0 Å². The summed E-state index contributed by atoms with van der Waals surface area (Å²) < 4.78 is 13.4. The van der Waals surface area contributed by atoms with Crippen molar-refractivity contribution in [1.29, 1.82) is 0 Å². The molecule has 2 aromatic carbocycles. The molecule has 2 unspecified atom stereocenters. The van der Waals surface area contributed by atoms with Crippen LogP contribution in [-0.4, -0.2) is 54.2 Å². The first kappa shape index (κ1) is 25.1. The number of hydrogen-bond acceptors (Lipinski definition) is 3. The largest absolute Gasteiger partial charge is 0.395 e. The molecule has 0 saturated carbocycles. The molecule has 1 aliphatic heterocycles. The third-order valence-electron chi connectivity index (χ3n) is 6.51. The van der Waals surface area contributed by atoms with Crippen LogP contribution in [0.5, 0.6) is 0 Å². The molecule has 1 heterocycles. The molecular weight excluding hydrogens is 422 g/mol. The van der Waals surface area contributed by atoms with Crippen molar-refractivity contribution >= 4 is 24.8 Å². The topological polar surface area (TPSA) is 26.7 Å². The van der Waals surface area contributed by atoms with E-state index in [0.717, 1.165) is 39.1 Å². The number of piperazine rings is 1. The summed E-state index contributed by atoms with van der Waals surface area (Å²) in [6.07, 6.45) is 1.06. The quantitative estimate of drug-likeness (QED) is 0.689. The molecule has 0 amide bonds. The van der Waals surface area contributed by atoms with E-state index in [2.05, 4.69) is 41.8 Å². The standard InChI is InChI=1S/C24H31FN2O.2ClH/c1-17(2)19-5-8-21-22(18-3-6-20(25)7-4-18)16-24(23(21)15-19)27-11-9-26(10-12-27)13-14-28;;/h3-8,15,17,22,24,28H,9-14,16H2,1-2H3;2*1H. The first-order valence-electron chi connectivity index (χ1n) is 10.5. The van der Waals surface area contributed by atoms with E-state index in [1.54, 1.807) is 12.1 Å². The monoisotopic (exact) mass is 454 g/mol. The number of β-amino-alcohol motifs (C(OH)–C–C–N with tert-alkyl or cyclic N) is 1. The number of rotatable bonds is 5. The number of nitrogens with zero attached hydrogens (tertiary/aromatic N) is 2. The Morgan fingerprint density at radius 1 is 0.967 bits per heavy atom. The van der Waals surface area contributed by atoms with Gasteiger partial charge in [0.05, 0.1) is 6.61 Å². The molecule has 1 saturated heterocycles. The van der Waals surface area contributed by atoms with Crippen LogP contribution in [-0.2, 0) is 0 Å². The van der Waals surface area contributed by atoms with Crippen molar-refractivity contribution in [1.82, 2.24) is 9.80 Å². The van der Waals surface area contributed by atoms with E-state index in [9.17, 15) is 9.50 Å². The maximum Gasteiger partial charge on any atom is 0.123 e. The van der Waals surface area contributed by atoms with Crippen LogP contribution in [0, 0.1) is 5.82 Å². The van der Waals surface area contributed by atoms with Crippen LogP contribution in [0.15, 0.2) is 42.5 Å². The lowest BCUT2D eigenvalue weighted by molar-refractivity contribution is 0.0827. The van der Waals surface area contributed by atoms with Crippen molar-refractivity contribution in [2.75, 3.05) is 39.3 Å². The van der Waals surface area contributed by atoms with E-state index in [1.165, 1.54) is 22.3 Å². The van der Waals surface area contributed by atoms with Gasteiger partial charge in [-0.2, -0.15) is 0 Å². The van der Waals surface area contributed by atoms with Crippen molar-refractivity contribution in [2.24, 2.45) is 0 Å². The highest BCUT2D eigenvalue weighted by molar-refractivity contribution is 5.85. The Morgan fingerprint density at radius 3 is 2.23 bits per heavy atom. The highest BCUT2D eigenvalue weighted by Crippen LogP contribution is 2.47. The Bertz CT molecular complexity index is 807. The first-order valence-corrected chi connectivity index (χ1v) is 10.5. The van der Waals surface area contributed by atoms with Crippen LogP contribution in [0.1, 0.15) is 60.4 Å². The van der Waals surface area contributed by atoms with Crippen LogP contribution in [0.2, 0.25) is 0 Å². The number of fused-ring (bicyclic) bond motifs is 1. The van der Waals surface area contributed by atoms with Crippen molar-refractivity contribution in [3.8, 4) is 0 Å². The summed E-state index contributed by atoms with van der Waals surface area (Å²) in [5.41, 5.74) is 5.46. The van der Waals surface area contributed by atoms with Crippen LogP contribution < -0.4 is 0 Å². The fraction of sp³-hybridized carbons (Fsp3) is 0.500. The van der Waals surface area contributed by atoms with E-state index >= 15 is 0 Å². The normalized spacial score (nSPS) is 21.8. The summed E-state index contributed by atoms with van der Waals surface area (Å²) >= 11 is 0. The summed E-state index contributed by atoms with van der Waals surface area (Å²) in [6.45, 7) is 9.59. The van der Waals surface area contributed by atoms with E-state index < -0.39 is 0 Å². The van der Waals surface area contributed by atoms with Gasteiger partial charge in [-0.1, -0.05) is 44.2 Å². The number of hydrogen-bond donors (Lipinski definition) is 1. The number of benzene rings is 2. The zero-order valence-corrected chi connectivity index (χ0v) is 19.4. The Morgan fingerprint density at radius 2 is 1.63 bits per heavy atom. The third kappa shape index (κ3) is 5.17. The molecule has 1 fully saturated rings. The lowest BCUT2D eigenvalue weighted by Gasteiger charge is -2.38. The molecule has 2 aromatic rings. The van der Waals surface area contributed by atoms with Gasteiger partial charge in [-0.15, -0.1) is 24.8 Å². The zero-order valence-electron chi connectivity index (χ0n) is 17.8. The van der Waals surface area contributed by atoms with Gasteiger partial charge in [0.25, 0.3) is 0 Å². The van der Waals surface area contributed by atoms with Gasteiger partial charge >= 0.3 is 0 Å². The predicted molar refractivity (Wildman–Crippen MR) is 126 cm³/mol. The van der Waals surface area contributed by atoms with Crippen LogP contribution >= 0.6 is 24.8 Å². The molecule has 0 bridgehead atoms. The van der Waals surface area contributed by atoms with Crippen molar-refractivity contribution in [2.45, 2.75) is 38.1 Å². The predicted octanol–water partition coefficient (Wildman–Crippen LogP) is 4.98. The maximum absolute atomic E-state index is 13.4. The van der Waals surface area contributed by atoms with Crippen molar-refractivity contribution in [3.05, 3.63) is 70.5 Å². The molecular formula is C24H33Cl2FN2O. The fourth-order valence-corrected chi connectivity index (χ4v) is 4.83. The Hall–Kier alpha value is -1.17. The Kier molecular flexibility index (Phi) is 9.13. The minimum atomic E-state index is -0.173. The molecule has 1 N–H and O–H groups in total. The molecule has 0 radical (unpaired) electrons. The van der Waals surface area contributed by atoms with Gasteiger partial charge < -0.3 is 5.11 Å². The molecule has 1 aliphatic carbocycles. The van der Waals surface area contributed by atoms with Crippen molar-refractivity contribution < 1.29 is 9.50 Å². The molecule has 3 nitrogen and oxygen atoms in total. The lowest BCUT2D eigenvalue weighted by Crippen LogP contribution is -2.48. The van der Waals surface area contributed by atoms with Crippen LogP contribution in [0.3, 0.4) is 0 Å². The average Bonchev–Trinajstić information content (AvgIpc) is 3.08. The van der Waals surface area contributed by atoms with Gasteiger partial charge in [0.1, 0.15) is 5.82 Å². The van der Waals surface area contributed by atoms with Gasteiger partial charge in [-0.3, -0.25) is 9.80 Å². The van der Waals surface area contributed by atoms with E-state index in [1.807, 2.05) is 12.1 Å². The molecule has 30 heavy (non-hydrogen) atoms. The molecule has 4 rings (SSSR count). The second-order valence-electron chi connectivity index (χ2n) is 8.50. The second-order valence-corrected chi connectivity index (χ2v) is 8.50. The highest BCUT2D eigenvalue weighted by atomic mass is 35.5. The van der Waals surface area contributed by atoms with E-state index in [0.29, 0.717) is 17.9 Å². The molecule has 2 atom stereocenters. The molecule has 2 aliphatic rings. The minimum Gasteiger partial charge on any atom is -0.395 e. The Balaban J connectivity index is 0.00000160. The second kappa shape index (κ2) is 10.9. The molecule has 0 spiro atoms. The number of halogens is 3. The number of aliphatic hydroxyl groups is 1. The van der Waals surface area contributed by atoms with Crippen molar-refractivity contribution in [3.63, 3.8) is 0 Å². The van der Waals surface area contributed by atoms with Gasteiger partial charge in [0, 0.05) is 44.7 Å². The van der Waals surface area contributed by atoms with Gasteiger partial charge in [0.2, 0.25) is 0 Å². The summed E-state index contributed by atoms with van der Waals surface area (Å²) in [5, 5.41) is 9.21. The highest BCUT2D eigenvalue weighted by Gasteiger charge is 2.36. The maximum atomic E-state index is 13.4. The van der Waals surface area contributed by atoms with Gasteiger partial charge in [-0.25, -0.2) is 4.39 Å². The summed E-state index contributed by atoms with van der Waals surface area (Å²) in [5.74, 6) is 0.670. The van der Waals surface area contributed by atoms with Gasteiger partial charge in [-0.05, 0) is 46.7 Å². The summed E-state index contributed by atoms with van der Waals surface area (Å²) in [6, 6.07) is 14.5. The fourth-order valence-electron chi connectivity index (χ4n) is 4.83. The summed E-state index contributed by atoms with van der Waals surface area (Å²) in [4.78, 5) is 4.95. The minimum absolute atomic E-state index is 0. The molecule has 0 aromatic heterocycles. The number of aliphatic hydroxyl groups excluding tert-OH is 1. The van der Waals surface area contributed by atoms with E-state index in [4.69, 9.17) is 0 Å². The third-order valence-corrected chi connectivity index (χ3v) is 6.51. The Labute approximate surface area is 192 Å². The average molecular weight is 455 g/mol. The van der Waals surface area contributed by atoms with Gasteiger partial charge in [0.15, 0.2) is 0 Å². The molecule has 6 heteroatoms. The lowest BCUT2D eigenvalue weighted by atomic mass is 9.91. The smallest absolute Gasteiger partial charge is 0.123 e.